The first-order valence-electron chi connectivity index (χ1n) is 13.1. The molecule has 2 N–H and O–H groups in total. The van der Waals surface area contributed by atoms with E-state index in [1.165, 1.54) is 31.3 Å². The molecule has 4 aliphatic carbocycles. The highest BCUT2D eigenvalue weighted by Crippen LogP contribution is 2.65. The summed E-state index contributed by atoms with van der Waals surface area (Å²) < 4.78 is 37.9. The maximum Gasteiger partial charge on any atom is 0.414 e. The Morgan fingerprint density at radius 1 is 1.09 bits per heavy atom. The van der Waals surface area contributed by atoms with E-state index in [0.717, 1.165) is 56.3 Å². The topological polar surface area (TPSA) is 40.5 Å². The second-order valence-corrected chi connectivity index (χ2v) is 12.0. The molecular formula is C27H43F3O2. The van der Waals surface area contributed by atoms with Crippen LogP contribution in [0.5, 0.6) is 0 Å². The Morgan fingerprint density at radius 3 is 2.53 bits per heavy atom. The summed E-state index contributed by atoms with van der Waals surface area (Å²) in [6.45, 7) is 6.81. The zero-order chi connectivity index (χ0) is 23.3. The van der Waals surface area contributed by atoms with Crippen LogP contribution in [-0.2, 0) is 0 Å². The molecule has 0 amide bonds. The largest absolute Gasteiger partial charge is 0.414 e. The van der Waals surface area contributed by atoms with Crippen molar-refractivity contribution in [1.29, 1.82) is 0 Å². The molecule has 3 saturated carbocycles. The summed E-state index contributed by atoms with van der Waals surface area (Å²) in [5.41, 5.74) is 1.33. The summed E-state index contributed by atoms with van der Waals surface area (Å²) in [6.07, 6.45) is 6.71. The van der Waals surface area contributed by atoms with Gasteiger partial charge in [-0.15, -0.1) is 0 Å². The van der Waals surface area contributed by atoms with Crippen LogP contribution in [0.4, 0.5) is 13.2 Å². The van der Waals surface area contributed by atoms with E-state index in [4.69, 9.17) is 0 Å². The van der Waals surface area contributed by atoms with E-state index < -0.39 is 17.9 Å². The number of halogens is 3. The highest BCUT2D eigenvalue weighted by Gasteiger charge is 2.57. The van der Waals surface area contributed by atoms with Crippen LogP contribution in [0.1, 0.15) is 97.8 Å². The lowest BCUT2D eigenvalue weighted by molar-refractivity contribution is -0.205. The fourth-order valence-electron chi connectivity index (χ4n) is 8.64. The van der Waals surface area contributed by atoms with Crippen LogP contribution < -0.4 is 0 Å². The van der Waals surface area contributed by atoms with Crippen molar-refractivity contribution in [1.82, 2.24) is 0 Å². The highest BCUT2D eigenvalue weighted by atomic mass is 19.4. The standard InChI is InChI=1S/C27H43F3O2/c1-4-26(32)15-13-19-18(16-26)8-9-21-20(19)12-14-25(3)22(10-11-23(21)25)17(2)6-5-7-24(31)27(28,29)30/h8,17,19-24,31-32H,4-7,9-16H2,1-3H3/t17?,19-,20+,21+,22+,23-,24?,25+,26-/m0/s1. The van der Waals surface area contributed by atoms with Crippen molar-refractivity contribution < 1.29 is 23.4 Å². The Kier molecular flexibility index (Phi) is 6.84. The van der Waals surface area contributed by atoms with Crippen LogP contribution in [0.2, 0.25) is 0 Å². The molecule has 0 aromatic heterocycles. The zero-order valence-corrected chi connectivity index (χ0v) is 20.1. The summed E-state index contributed by atoms with van der Waals surface area (Å²) in [7, 11) is 0. The van der Waals surface area contributed by atoms with Crippen molar-refractivity contribution in [3.63, 3.8) is 0 Å². The van der Waals surface area contributed by atoms with Gasteiger partial charge in [-0.25, -0.2) is 0 Å². The van der Waals surface area contributed by atoms with Crippen molar-refractivity contribution in [2.75, 3.05) is 0 Å². The van der Waals surface area contributed by atoms with E-state index in [9.17, 15) is 23.4 Å². The SMILES string of the molecule is CC[C@]1(O)CC[C@H]2C(=CC[C@@H]3[C@@H]2CC[C@]2(C)[C@@H](C(C)CCCC(O)C(F)(F)F)CC[C@@H]32)C1. The van der Waals surface area contributed by atoms with Gasteiger partial charge < -0.3 is 10.2 Å². The fourth-order valence-corrected chi connectivity index (χ4v) is 8.64. The Bertz CT molecular complexity index is 704. The fraction of sp³-hybridized carbons (Fsp3) is 0.926. The molecule has 0 aliphatic heterocycles. The zero-order valence-electron chi connectivity index (χ0n) is 20.1. The Hall–Kier alpha value is -0.550. The van der Waals surface area contributed by atoms with Gasteiger partial charge in [0.05, 0.1) is 5.60 Å². The monoisotopic (exact) mass is 456 g/mol. The number of hydrogen-bond acceptors (Lipinski definition) is 2. The molecular weight excluding hydrogens is 413 g/mol. The number of aliphatic hydroxyl groups is 2. The first kappa shape index (κ1) is 24.6. The minimum absolute atomic E-state index is 0.176. The maximum atomic E-state index is 12.6. The van der Waals surface area contributed by atoms with Crippen LogP contribution in [0, 0.1) is 40.9 Å². The lowest BCUT2D eigenvalue weighted by atomic mass is 9.50. The van der Waals surface area contributed by atoms with Crippen LogP contribution in [0.25, 0.3) is 0 Å². The average molecular weight is 457 g/mol. The molecule has 0 radical (unpaired) electrons. The minimum atomic E-state index is -4.49. The molecule has 0 aromatic rings. The van der Waals surface area contributed by atoms with Crippen molar-refractivity contribution >= 4 is 0 Å². The van der Waals surface area contributed by atoms with Crippen molar-refractivity contribution in [3.05, 3.63) is 11.6 Å². The second kappa shape index (κ2) is 8.91. The normalized spacial score (nSPS) is 43.6. The number of aliphatic hydroxyl groups excluding tert-OH is 1. The first-order valence-corrected chi connectivity index (χ1v) is 13.1. The quantitative estimate of drug-likeness (QED) is 0.421. The average Bonchev–Trinajstić information content (AvgIpc) is 3.09. The Labute approximate surface area is 192 Å². The van der Waals surface area contributed by atoms with Gasteiger partial charge in [-0.05, 0) is 105 Å². The molecule has 2 unspecified atom stereocenters. The lowest BCUT2D eigenvalue weighted by Gasteiger charge is -2.55. The van der Waals surface area contributed by atoms with Crippen molar-refractivity contribution in [2.24, 2.45) is 40.9 Å². The predicted molar refractivity (Wildman–Crippen MR) is 121 cm³/mol. The predicted octanol–water partition coefficient (Wildman–Crippen LogP) is 7.05. The van der Waals surface area contributed by atoms with Gasteiger partial charge in [0.1, 0.15) is 6.10 Å². The van der Waals surface area contributed by atoms with Crippen LogP contribution in [0.3, 0.4) is 0 Å². The van der Waals surface area contributed by atoms with Gasteiger partial charge >= 0.3 is 6.18 Å². The lowest BCUT2D eigenvalue weighted by Crippen LogP contribution is -2.48. The molecule has 4 aliphatic rings. The number of allylic oxidation sites excluding steroid dienone is 1. The van der Waals surface area contributed by atoms with E-state index in [1.807, 2.05) is 0 Å². The molecule has 0 spiro atoms. The highest BCUT2D eigenvalue weighted by molar-refractivity contribution is 5.22. The molecule has 5 heteroatoms. The van der Waals surface area contributed by atoms with Gasteiger partial charge in [0.25, 0.3) is 0 Å². The minimum Gasteiger partial charge on any atom is -0.390 e. The van der Waals surface area contributed by atoms with E-state index in [0.29, 0.717) is 29.6 Å². The summed E-state index contributed by atoms with van der Waals surface area (Å²) in [6, 6.07) is 0. The summed E-state index contributed by atoms with van der Waals surface area (Å²) >= 11 is 0. The molecule has 184 valence electrons. The number of alkyl halides is 3. The van der Waals surface area contributed by atoms with E-state index in [2.05, 4.69) is 26.8 Å². The van der Waals surface area contributed by atoms with Crippen LogP contribution >= 0.6 is 0 Å². The number of hydrogen-bond donors (Lipinski definition) is 2. The van der Waals surface area contributed by atoms with Gasteiger partial charge in [0, 0.05) is 0 Å². The van der Waals surface area contributed by atoms with E-state index in [1.54, 1.807) is 0 Å². The van der Waals surface area contributed by atoms with E-state index >= 15 is 0 Å². The Balaban J connectivity index is 1.40. The molecule has 0 heterocycles. The van der Waals surface area contributed by atoms with Gasteiger partial charge in [-0.1, -0.05) is 45.3 Å². The molecule has 0 bridgehead atoms. The third-order valence-electron chi connectivity index (χ3n) is 10.5. The smallest absolute Gasteiger partial charge is 0.390 e. The summed E-state index contributed by atoms with van der Waals surface area (Å²) in [5.74, 6) is 3.86. The van der Waals surface area contributed by atoms with E-state index in [-0.39, 0.29) is 6.42 Å². The third-order valence-corrected chi connectivity index (χ3v) is 10.5. The molecule has 9 atom stereocenters. The number of rotatable bonds is 6. The molecule has 4 rings (SSSR count). The molecule has 32 heavy (non-hydrogen) atoms. The van der Waals surface area contributed by atoms with Gasteiger partial charge in [0.15, 0.2) is 0 Å². The summed E-state index contributed by atoms with van der Waals surface area (Å²) in [4.78, 5) is 0. The van der Waals surface area contributed by atoms with Gasteiger partial charge in [-0.3, -0.25) is 0 Å². The van der Waals surface area contributed by atoms with Gasteiger partial charge in [0.2, 0.25) is 0 Å². The molecule has 3 fully saturated rings. The first-order chi connectivity index (χ1) is 15.0. The third kappa shape index (κ3) is 4.42. The van der Waals surface area contributed by atoms with Gasteiger partial charge in [-0.2, -0.15) is 13.2 Å². The molecule has 2 nitrogen and oxygen atoms in total. The molecule has 0 saturated heterocycles. The number of fused-ring (bicyclic) bond motifs is 5. The van der Waals surface area contributed by atoms with Crippen molar-refractivity contribution in [3.8, 4) is 0 Å². The Morgan fingerprint density at radius 2 is 1.84 bits per heavy atom. The summed E-state index contributed by atoms with van der Waals surface area (Å²) in [5, 5.41) is 20.2. The second-order valence-electron chi connectivity index (χ2n) is 12.0. The van der Waals surface area contributed by atoms with Crippen molar-refractivity contribution in [2.45, 2.75) is 116 Å². The maximum absolute atomic E-state index is 12.6. The molecule has 0 aromatic carbocycles. The van der Waals surface area contributed by atoms with Crippen LogP contribution in [0.15, 0.2) is 11.6 Å². The van der Waals surface area contributed by atoms with Crippen LogP contribution in [-0.4, -0.2) is 28.1 Å².